The monoisotopic (exact) mass is 689 g/mol. The number of unbranched alkanes of at least 4 members (excludes halogenated alkanes) is 2. The fourth-order valence-electron chi connectivity index (χ4n) is 9.09. The number of allylic oxidation sites excluding steroid dienone is 8. The third-order valence-corrected chi connectivity index (χ3v) is 12.0. The second-order valence-corrected chi connectivity index (χ2v) is 17.4. The Morgan fingerprint density at radius 1 is 0.769 bits per heavy atom. The normalized spacial score (nSPS) is 19.7. The summed E-state index contributed by atoms with van der Waals surface area (Å²) in [4.78, 5) is 15.0. The van der Waals surface area contributed by atoms with Crippen LogP contribution in [0.4, 0.5) is 11.4 Å². The number of nitrogens with zero attached hydrogens (tertiary/aromatic N) is 2. The van der Waals surface area contributed by atoms with Gasteiger partial charge in [-0.2, -0.15) is 4.58 Å². The average Bonchev–Trinajstić information content (AvgIpc) is 3.46. The van der Waals surface area contributed by atoms with Crippen molar-refractivity contribution in [3.63, 3.8) is 0 Å². The van der Waals surface area contributed by atoms with Crippen LogP contribution in [-0.4, -0.2) is 29.7 Å². The molecule has 3 heteroatoms. The molecule has 7 rings (SSSR count). The Morgan fingerprint density at radius 3 is 2.15 bits per heavy atom. The molecule has 2 heterocycles. The van der Waals surface area contributed by atoms with Crippen LogP contribution < -0.4 is 4.90 Å². The number of Topliss-reactive ketones (excluding diaryl/α,β-unsaturated/α-hetero) is 1. The van der Waals surface area contributed by atoms with E-state index in [-0.39, 0.29) is 16.2 Å². The predicted octanol–water partition coefficient (Wildman–Crippen LogP) is 12.4. The van der Waals surface area contributed by atoms with E-state index in [9.17, 15) is 4.79 Å². The summed E-state index contributed by atoms with van der Waals surface area (Å²) in [5.41, 5.74) is 10.5. The highest BCUT2D eigenvalue weighted by atomic mass is 16.1. The molecule has 0 aromatic heterocycles. The minimum Gasteiger partial charge on any atom is -0.347 e. The van der Waals surface area contributed by atoms with E-state index in [1.165, 1.54) is 66.6 Å². The molecule has 0 fully saturated rings. The van der Waals surface area contributed by atoms with Gasteiger partial charge in [0.05, 0.1) is 5.41 Å². The van der Waals surface area contributed by atoms with Gasteiger partial charge in [0.25, 0.3) is 0 Å². The van der Waals surface area contributed by atoms with Gasteiger partial charge >= 0.3 is 0 Å². The van der Waals surface area contributed by atoms with Gasteiger partial charge in [0, 0.05) is 59.8 Å². The highest BCUT2D eigenvalue weighted by Gasteiger charge is 2.45. The van der Waals surface area contributed by atoms with Crippen molar-refractivity contribution in [3.05, 3.63) is 131 Å². The van der Waals surface area contributed by atoms with Gasteiger partial charge in [-0.05, 0) is 102 Å². The van der Waals surface area contributed by atoms with Gasteiger partial charge in [-0.3, -0.25) is 4.79 Å². The lowest BCUT2D eigenvalue weighted by Crippen LogP contribution is -2.28. The topological polar surface area (TPSA) is 23.3 Å². The number of rotatable bonds is 9. The molecule has 4 aromatic rings. The summed E-state index contributed by atoms with van der Waals surface area (Å²) in [5.74, 6) is 0.366. The lowest BCUT2D eigenvalue weighted by Gasteiger charge is -2.24. The van der Waals surface area contributed by atoms with Crippen molar-refractivity contribution in [2.75, 3.05) is 18.5 Å². The van der Waals surface area contributed by atoms with Crippen molar-refractivity contribution in [2.45, 2.75) is 104 Å². The third-order valence-electron chi connectivity index (χ3n) is 12.0. The maximum Gasteiger partial charge on any atom is 0.210 e. The fraction of sp³-hybridized carbons (Fsp3) is 0.388. The summed E-state index contributed by atoms with van der Waals surface area (Å²) < 4.78 is 2.58. The molecule has 2 aliphatic heterocycles. The van der Waals surface area contributed by atoms with Crippen LogP contribution >= 0.6 is 0 Å². The lowest BCUT2D eigenvalue weighted by atomic mass is 9.79. The van der Waals surface area contributed by atoms with Gasteiger partial charge in [0.15, 0.2) is 5.71 Å². The molecule has 0 saturated heterocycles. The summed E-state index contributed by atoms with van der Waals surface area (Å²) in [5, 5.41) is 5.30. The van der Waals surface area contributed by atoms with Crippen LogP contribution in [0, 0.1) is 5.41 Å². The predicted molar refractivity (Wildman–Crippen MR) is 222 cm³/mol. The number of carbonyl (C=O) groups is 1. The van der Waals surface area contributed by atoms with Gasteiger partial charge in [-0.1, -0.05) is 107 Å². The van der Waals surface area contributed by atoms with Crippen molar-refractivity contribution in [2.24, 2.45) is 5.41 Å². The Balaban J connectivity index is 1.17. The number of anilines is 1. The Kier molecular flexibility index (Phi) is 9.53. The SMILES string of the molecule is CN1/C(=C/C=C2C=C(/C=C/C3=[N+](CCCCCC(=O)C(C)(C)C)c4ccc5ccccc5c4C3(C)C)CCC/2)C(C)(C)c2c1ccc1ccccc21. The number of benzene rings is 4. The molecule has 0 saturated carbocycles. The van der Waals surface area contributed by atoms with E-state index in [0.717, 1.165) is 45.1 Å². The van der Waals surface area contributed by atoms with Crippen LogP contribution in [0.2, 0.25) is 0 Å². The molecule has 0 bridgehead atoms. The number of carbonyl (C=O) groups excluding carboxylic acids is 1. The van der Waals surface area contributed by atoms with E-state index in [4.69, 9.17) is 0 Å². The Bertz CT molecular complexity index is 2210. The number of likely N-dealkylation sites (N-methyl/N-ethyl adjacent to an activating group) is 1. The van der Waals surface area contributed by atoms with Crippen LogP contribution in [0.3, 0.4) is 0 Å². The largest absolute Gasteiger partial charge is 0.347 e. The van der Waals surface area contributed by atoms with Crippen LogP contribution in [-0.2, 0) is 15.6 Å². The van der Waals surface area contributed by atoms with Crippen molar-refractivity contribution in [1.82, 2.24) is 0 Å². The minimum atomic E-state index is -0.255. The molecule has 268 valence electrons. The van der Waals surface area contributed by atoms with E-state index < -0.39 is 0 Å². The first-order valence-corrected chi connectivity index (χ1v) is 19.5. The van der Waals surface area contributed by atoms with Crippen LogP contribution in [0.25, 0.3) is 21.5 Å². The molecule has 0 atom stereocenters. The molecule has 0 unspecified atom stereocenters. The summed E-state index contributed by atoms with van der Waals surface area (Å²) in [7, 11) is 2.22. The molecule has 3 aliphatic rings. The van der Waals surface area contributed by atoms with Crippen molar-refractivity contribution < 1.29 is 9.37 Å². The third kappa shape index (κ3) is 6.53. The second kappa shape index (κ2) is 13.8. The van der Waals surface area contributed by atoms with Gasteiger partial charge in [-0.15, -0.1) is 0 Å². The van der Waals surface area contributed by atoms with Gasteiger partial charge in [0.1, 0.15) is 12.3 Å². The van der Waals surface area contributed by atoms with Crippen molar-refractivity contribution >= 4 is 44.4 Å². The van der Waals surface area contributed by atoms with E-state index in [1.807, 2.05) is 20.8 Å². The van der Waals surface area contributed by atoms with Crippen LogP contribution in [0.5, 0.6) is 0 Å². The van der Waals surface area contributed by atoms with Crippen LogP contribution in [0.1, 0.15) is 105 Å². The summed E-state index contributed by atoms with van der Waals surface area (Å²) in [6.45, 7) is 16.6. The number of fused-ring (bicyclic) bond motifs is 6. The zero-order valence-corrected chi connectivity index (χ0v) is 32.8. The maximum absolute atomic E-state index is 12.6. The maximum atomic E-state index is 12.6. The Morgan fingerprint density at radius 2 is 1.44 bits per heavy atom. The number of hydrogen-bond donors (Lipinski definition) is 0. The minimum absolute atomic E-state index is 0.0847. The standard InChI is InChI=1S/C49H57N2O/c1-47(2,3)44(52)23-10-9-15-32-51-41-29-27-37-20-12-14-22-39(37)46(41)49(6,7)43(51)31-25-35-18-16-17-34(33-35)24-30-42-48(4,5)45-38-21-13-11-19-36(38)26-28-40(45)50(42)8/h11-14,19-22,24-31,33H,9-10,15-18,23,32H2,1-8H3/q+1. The molecule has 4 aromatic carbocycles. The van der Waals surface area contributed by atoms with E-state index in [0.29, 0.717) is 12.2 Å². The molecule has 0 radical (unpaired) electrons. The van der Waals surface area contributed by atoms with E-state index in [2.05, 4.69) is 147 Å². The quantitative estimate of drug-likeness (QED) is 0.129. The highest BCUT2D eigenvalue weighted by molar-refractivity contribution is 6.07. The first-order chi connectivity index (χ1) is 24.8. The molecular formula is C49H57N2O+. The van der Waals surface area contributed by atoms with Crippen molar-refractivity contribution in [3.8, 4) is 0 Å². The smallest absolute Gasteiger partial charge is 0.210 e. The summed E-state index contributed by atoms with van der Waals surface area (Å²) in [6.07, 6.45) is 19.1. The molecule has 0 amide bonds. The summed E-state index contributed by atoms with van der Waals surface area (Å²) >= 11 is 0. The van der Waals surface area contributed by atoms with Crippen molar-refractivity contribution in [1.29, 1.82) is 0 Å². The van der Waals surface area contributed by atoms with E-state index in [1.54, 1.807) is 0 Å². The van der Waals surface area contributed by atoms with Gasteiger partial charge in [-0.25, -0.2) is 0 Å². The zero-order valence-electron chi connectivity index (χ0n) is 32.8. The summed E-state index contributed by atoms with van der Waals surface area (Å²) in [6, 6.07) is 26.8. The molecule has 0 spiro atoms. The number of hydrogen-bond acceptors (Lipinski definition) is 2. The van der Waals surface area contributed by atoms with Gasteiger partial charge < -0.3 is 4.90 Å². The zero-order chi connectivity index (χ0) is 36.8. The first-order valence-electron chi connectivity index (χ1n) is 19.5. The first kappa shape index (κ1) is 35.9. The Hall–Kier alpha value is -4.50. The van der Waals surface area contributed by atoms with E-state index >= 15 is 0 Å². The highest BCUT2D eigenvalue weighted by Crippen LogP contribution is 2.50. The molecular weight excluding hydrogens is 633 g/mol. The molecule has 1 aliphatic carbocycles. The van der Waals surface area contributed by atoms with Crippen LogP contribution in [0.15, 0.2) is 120 Å². The number of ketones is 1. The molecule has 3 nitrogen and oxygen atoms in total. The second-order valence-electron chi connectivity index (χ2n) is 17.4. The average molecular weight is 690 g/mol. The van der Waals surface area contributed by atoms with Gasteiger partial charge in [0.2, 0.25) is 5.69 Å². The lowest BCUT2D eigenvalue weighted by molar-refractivity contribution is -0.438. The molecule has 52 heavy (non-hydrogen) atoms. The Labute approximate surface area is 312 Å². The fourth-order valence-corrected chi connectivity index (χ4v) is 9.09. The molecule has 0 N–H and O–H groups in total.